The molecule has 7 heteroatoms. The van der Waals surface area contributed by atoms with Gasteiger partial charge in [0.25, 0.3) is 0 Å². The molecule has 1 aromatic heterocycles. The van der Waals surface area contributed by atoms with Crippen LogP contribution in [0.4, 0.5) is 0 Å². The van der Waals surface area contributed by atoms with Crippen LogP contribution >= 0.6 is 0 Å². The molecule has 4 rings (SSSR count). The fourth-order valence-corrected chi connectivity index (χ4v) is 4.66. The number of aromatic nitrogens is 1. The Morgan fingerprint density at radius 2 is 1.45 bits per heavy atom. The van der Waals surface area contributed by atoms with Crippen molar-refractivity contribution in [1.29, 1.82) is 0 Å². The molecule has 1 unspecified atom stereocenters. The Morgan fingerprint density at radius 1 is 0.758 bits per heavy atom. The second-order valence-electron chi connectivity index (χ2n) is 7.99. The zero-order chi connectivity index (χ0) is 23.4. The van der Waals surface area contributed by atoms with Crippen molar-refractivity contribution < 1.29 is 23.7 Å². The highest BCUT2D eigenvalue weighted by Gasteiger charge is 2.33. The number of benzene rings is 2. The molecule has 1 aliphatic heterocycles. The van der Waals surface area contributed by atoms with Crippen LogP contribution < -0.4 is 23.7 Å². The topological polar surface area (TPSA) is 54.3 Å². The van der Waals surface area contributed by atoms with Crippen molar-refractivity contribution in [2.75, 3.05) is 42.1 Å². The number of rotatable bonds is 8. The summed E-state index contributed by atoms with van der Waals surface area (Å²) in [5, 5.41) is 0. The average molecular weight is 453 g/mol. The van der Waals surface area contributed by atoms with Crippen LogP contribution in [0.2, 0.25) is 0 Å². The molecule has 0 aliphatic carbocycles. The maximum Gasteiger partial charge on any atom is 0.161 e. The Morgan fingerprint density at radius 3 is 2.09 bits per heavy atom. The average Bonchev–Trinajstić information content (AvgIpc) is 3.25. The SMILES string of the molecule is COc1cc(OC)c(C2c3cccn3CCCN2Cc2ccc(OC)c(OC)c2)c(OC)c1. The van der Waals surface area contributed by atoms with Crippen LogP contribution in [0.25, 0.3) is 0 Å². The summed E-state index contributed by atoms with van der Waals surface area (Å²) < 4.78 is 30.5. The smallest absolute Gasteiger partial charge is 0.161 e. The van der Waals surface area contributed by atoms with Gasteiger partial charge < -0.3 is 28.3 Å². The van der Waals surface area contributed by atoms with Gasteiger partial charge in [-0.1, -0.05) is 6.07 Å². The number of hydrogen-bond acceptors (Lipinski definition) is 6. The summed E-state index contributed by atoms with van der Waals surface area (Å²) in [5.74, 6) is 3.62. The van der Waals surface area contributed by atoms with Crippen molar-refractivity contribution in [1.82, 2.24) is 9.47 Å². The summed E-state index contributed by atoms with van der Waals surface area (Å²) >= 11 is 0. The van der Waals surface area contributed by atoms with E-state index in [9.17, 15) is 0 Å². The molecule has 2 heterocycles. The molecule has 0 N–H and O–H groups in total. The van der Waals surface area contributed by atoms with Gasteiger partial charge in [-0.15, -0.1) is 0 Å². The Kier molecular flexibility index (Phi) is 6.99. The number of aryl methyl sites for hydroxylation is 1. The van der Waals surface area contributed by atoms with Crippen molar-refractivity contribution in [2.24, 2.45) is 0 Å². The molecule has 0 saturated carbocycles. The third-order valence-corrected chi connectivity index (χ3v) is 6.21. The summed E-state index contributed by atoms with van der Waals surface area (Å²) in [7, 11) is 8.33. The lowest BCUT2D eigenvalue weighted by atomic mass is 9.98. The third-order valence-electron chi connectivity index (χ3n) is 6.21. The van der Waals surface area contributed by atoms with Crippen LogP contribution in [0.5, 0.6) is 28.7 Å². The fraction of sp³-hybridized carbons (Fsp3) is 0.385. The van der Waals surface area contributed by atoms with Gasteiger partial charge in [-0.25, -0.2) is 0 Å². The van der Waals surface area contributed by atoms with Crippen molar-refractivity contribution in [3.05, 3.63) is 65.5 Å². The van der Waals surface area contributed by atoms with E-state index in [2.05, 4.69) is 33.9 Å². The van der Waals surface area contributed by atoms with E-state index >= 15 is 0 Å². The van der Waals surface area contributed by atoms with Gasteiger partial charge in [0.05, 0.1) is 47.2 Å². The molecular formula is C26H32N2O5. The van der Waals surface area contributed by atoms with Gasteiger partial charge >= 0.3 is 0 Å². The largest absolute Gasteiger partial charge is 0.496 e. The number of nitrogens with zero attached hydrogens (tertiary/aromatic N) is 2. The Hall–Kier alpha value is -3.32. The summed E-state index contributed by atoms with van der Waals surface area (Å²) in [6.07, 6.45) is 3.18. The highest BCUT2D eigenvalue weighted by molar-refractivity contribution is 5.55. The van der Waals surface area contributed by atoms with Crippen molar-refractivity contribution in [3.63, 3.8) is 0 Å². The first-order valence-electron chi connectivity index (χ1n) is 11.0. The van der Waals surface area contributed by atoms with E-state index in [0.29, 0.717) is 5.75 Å². The van der Waals surface area contributed by atoms with Crippen LogP contribution in [-0.4, -0.2) is 51.6 Å². The van der Waals surface area contributed by atoms with E-state index in [1.807, 2.05) is 24.3 Å². The maximum absolute atomic E-state index is 5.85. The van der Waals surface area contributed by atoms with Crippen LogP contribution in [0.1, 0.15) is 29.3 Å². The Labute approximate surface area is 195 Å². The number of ether oxygens (including phenoxy) is 5. The minimum absolute atomic E-state index is 0.0635. The zero-order valence-corrected chi connectivity index (χ0v) is 20.0. The van der Waals surface area contributed by atoms with Gasteiger partial charge in [0.15, 0.2) is 11.5 Å². The number of fused-ring (bicyclic) bond motifs is 1. The van der Waals surface area contributed by atoms with Gasteiger partial charge in [0.2, 0.25) is 0 Å². The Balaban J connectivity index is 1.83. The monoisotopic (exact) mass is 452 g/mol. The van der Waals surface area contributed by atoms with Crippen molar-refractivity contribution >= 4 is 0 Å². The van der Waals surface area contributed by atoms with Crippen LogP contribution in [0.15, 0.2) is 48.7 Å². The molecule has 2 aromatic carbocycles. The highest BCUT2D eigenvalue weighted by atomic mass is 16.5. The lowest BCUT2D eigenvalue weighted by Crippen LogP contribution is -2.30. The van der Waals surface area contributed by atoms with Crippen LogP contribution in [0, 0.1) is 0 Å². The molecule has 0 saturated heterocycles. The maximum atomic E-state index is 5.85. The summed E-state index contributed by atoms with van der Waals surface area (Å²) in [5.41, 5.74) is 3.34. The molecule has 0 radical (unpaired) electrons. The Bertz CT molecular complexity index is 1070. The molecule has 176 valence electrons. The van der Waals surface area contributed by atoms with E-state index in [4.69, 9.17) is 23.7 Å². The zero-order valence-electron chi connectivity index (χ0n) is 20.0. The first-order valence-corrected chi connectivity index (χ1v) is 11.0. The van der Waals surface area contributed by atoms with Crippen LogP contribution in [0.3, 0.4) is 0 Å². The van der Waals surface area contributed by atoms with Gasteiger partial charge in [-0.3, -0.25) is 4.90 Å². The molecular weight excluding hydrogens is 420 g/mol. The molecule has 0 bridgehead atoms. The standard InChI is InChI=1S/C26H32N2O5/c1-29-19-15-23(32-4)25(24(16-19)33-5)26-20-8-6-11-27(20)12-7-13-28(26)17-18-9-10-21(30-2)22(14-18)31-3/h6,8-11,14-16,26H,7,12-13,17H2,1-5H3. The quantitative estimate of drug-likeness (QED) is 0.501. The normalized spacial score (nSPS) is 16.0. The molecule has 3 aromatic rings. The van der Waals surface area contributed by atoms with E-state index in [1.54, 1.807) is 35.5 Å². The predicted molar refractivity (Wildman–Crippen MR) is 127 cm³/mol. The van der Waals surface area contributed by atoms with Crippen molar-refractivity contribution in [3.8, 4) is 28.7 Å². The molecule has 7 nitrogen and oxygen atoms in total. The minimum Gasteiger partial charge on any atom is -0.496 e. The van der Waals surface area contributed by atoms with E-state index in [0.717, 1.165) is 60.2 Å². The van der Waals surface area contributed by atoms with Crippen LogP contribution in [-0.2, 0) is 13.1 Å². The van der Waals surface area contributed by atoms with Gasteiger partial charge in [-0.2, -0.15) is 0 Å². The molecule has 1 aliphatic rings. The predicted octanol–water partition coefficient (Wildman–Crippen LogP) is 4.53. The highest BCUT2D eigenvalue weighted by Crippen LogP contribution is 2.45. The molecule has 33 heavy (non-hydrogen) atoms. The second kappa shape index (κ2) is 10.1. The summed E-state index contributed by atoms with van der Waals surface area (Å²) in [6, 6.07) is 14.2. The molecule has 0 fully saturated rings. The molecule has 1 atom stereocenters. The molecule has 0 amide bonds. The van der Waals surface area contributed by atoms with Gasteiger partial charge in [-0.05, 0) is 36.2 Å². The van der Waals surface area contributed by atoms with Gasteiger partial charge in [0, 0.05) is 43.7 Å². The number of methoxy groups -OCH3 is 5. The summed E-state index contributed by atoms with van der Waals surface area (Å²) in [6.45, 7) is 2.61. The first kappa shape index (κ1) is 22.9. The van der Waals surface area contributed by atoms with E-state index in [-0.39, 0.29) is 6.04 Å². The first-order chi connectivity index (χ1) is 16.1. The van der Waals surface area contributed by atoms with Crippen molar-refractivity contribution in [2.45, 2.75) is 25.6 Å². The minimum atomic E-state index is -0.0635. The van der Waals surface area contributed by atoms with Gasteiger partial charge in [0.1, 0.15) is 17.2 Å². The van der Waals surface area contributed by atoms with E-state index in [1.165, 1.54) is 5.69 Å². The summed E-state index contributed by atoms with van der Waals surface area (Å²) in [4.78, 5) is 2.47. The number of hydrogen-bond donors (Lipinski definition) is 0. The lowest BCUT2D eigenvalue weighted by molar-refractivity contribution is 0.211. The second-order valence-corrected chi connectivity index (χ2v) is 7.99. The lowest BCUT2D eigenvalue weighted by Gasteiger charge is -2.32. The molecule has 0 spiro atoms. The third kappa shape index (κ3) is 4.46. The van der Waals surface area contributed by atoms with E-state index < -0.39 is 0 Å². The fourth-order valence-electron chi connectivity index (χ4n) is 4.66.